The molecule has 30 heavy (non-hydrogen) atoms. The summed E-state index contributed by atoms with van der Waals surface area (Å²) in [5, 5.41) is 5.06. The third-order valence-electron chi connectivity index (χ3n) is 4.85. The van der Waals surface area contributed by atoms with Crippen molar-refractivity contribution >= 4 is 61.8 Å². The molecule has 1 saturated heterocycles. The van der Waals surface area contributed by atoms with Gasteiger partial charge < -0.3 is 15.0 Å². The molecular formula is C20H22ClN5O2S2. The number of nitrogens with one attached hydrogen (secondary N) is 1. The van der Waals surface area contributed by atoms with Gasteiger partial charge in [0.25, 0.3) is 0 Å². The van der Waals surface area contributed by atoms with Crippen molar-refractivity contribution in [3.63, 3.8) is 0 Å². The fourth-order valence-corrected chi connectivity index (χ4v) is 5.58. The second-order valence-corrected chi connectivity index (χ2v) is 9.56. The van der Waals surface area contributed by atoms with Gasteiger partial charge in [-0.1, -0.05) is 41.6 Å². The van der Waals surface area contributed by atoms with Crippen LogP contribution in [-0.2, 0) is 4.79 Å². The number of halogens is 1. The lowest BCUT2D eigenvalue weighted by atomic mass is 10.0. The van der Waals surface area contributed by atoms with Crippen molar-refractivity contribution in [1.82, 2.24) is 15.0 Å². The fourth-order valence-electron chi connectivity index (χ4n) is 3.40. The van der Waals surface area contributed by atoms with E-state index in [2.05, 4.69) is 27.1 Å². The van der Waals surface area contributed by atoms with Gasteiger partial charge in [-0.2, -0.15) is 4.98 Å². The molecule has 1 fully saturated rings. The van der Waals surface area contributed by atoms with E-state index in [9.17, 15) is 4.79 Å². The summed E-state index contributed by atoms with van der Waals surface area (Å²) >= 11 is 9.10. The van der Waals surface area contributed by atoms with Crippen molar-refractivity contribution in [1.29, 1.82) is 0 Å². The lowest BCUT2D eigenvalue weighted by Crippen LogP contribution is -2.34. The topological polar surface area (TPSA) is 80.2 Å². The SMILES string of the molecule is COc1ccc(NC(=O)CSc2ncnc3nc(N4CCC[C@@H](C)C4)sc23)cc1Cl. The number of fused-ring (bicyclic) bond motifs is 1. The van der Waals surface area contributed by atoms with Crippen molar-refractivity contribution in [3.05, 3.63) is 29.5 Å². The highest BCUT2D eigenvalue weighted by atomic mass is 35.5. The van der Waals surface area contributed by atoms with Crippen molar-refractivity contribution in [2.24, 2.45) is 5.92 Å². The molecule has 0 radical (unpaired) electrons. The van der Waals surface area contributed by atoms with E-state index >= 15 is 0 Å². The van der Waals surface area contributed by atoms with Gasteiger partial charge in [0, 0.05) is 18.8 Å². The summed E-state index contributed by atoms with van der Waals surface area (Å²) in [5.74, 6) is 1.32. The molecule has 3 aromatic rings. The number of nitrogens with zero attached hydrogens (tertiary/aromatic N) is 4. The number of methoxy groups -OCH3 is 1. The molecule has 0 spiro atoms. The molecule has 7 nitrogen and oxygen atoms in total. The zero-order valence-corrected chi connectivity index (χ0v) is 19.1. The highest BCUT2D eigenvalue weighted by Crippen LogP contribution is 2.35. The molecule has 0 saturated carbocycles. The maximum Gasteiger partial charge on any atom is 0.234 e. The third kappa shape index (κ3) is 4.79. The predicted octanol–water partition coefficient (Wildman–Crippen LogP) is 4.72. The van der Waals surface area contributed by atoms with Gasteiger partial charge in [-0.25, -0.2) is 9.97 Å². The molecule has 1 atom stereocenters. The minimum atomic E-state index is -0.136. The van der Waals surface area contributed by atoms with Gasteiger partial charge in [0.05, 0.1) is 17.9 Å². The molecule has 0 bridgehead atoms. The summed E-state index contributed by atoms with van der Waals surface area (Å²) in [6.45, 7) is 4.31. The zero-order valence-electron chi connectivity index (χ0n) is 16.7. The Labute approximate surface area is 188 Å². The van der Waals surface area contributed by atoms with Gasteiger partial charge in [0.15, 0.2) is 10.8 Å². The molecule has 1 amide bonds. The molecule has 0 aliphatic carbocycles. The van der Waals surface area contributed by atoms with Crippen LogP contribution in [0, 0.1) is 5.92 Å². The van der Waals surface area contributed by atoms with Gasteiger partial charge in [0.2, 0.25) is 5.91 Å². The second kappa shape index (κ2) is 9.36. The van der Waals surface area contributed by atoms with Gasteiger partial charge >= 0.3 is 0 Å². The molecule has 10 heteroatoms. The Hall–Kier alpha value is -2.10. The summed E-state index contributed by atoms with van der Waals surface area (Å²) in [7, 11) is 1.55. The average Bonchev–Trinajstić information content (AvgIpc) is 3.17. The third-order valence-corrected chi connectivity index (χ3v) is 7.38. The normalized spacial score (nSPS) is 16.6. The molecular weight excluding hydrogens is 442 g/mol. The first-order chi connectivity index (χ1) is 14.5. The van der Waals surface area contributed by atoms with Crippen LogP contribution >= 0.6 is 34.7 Å². The number of hydrogen-bond donors (Lipinski definition) is 1. The Morgan fingerprint density at radius 1 is 1.43 bits per heavy atom. The van der Waals surface area contributed by atoms with E-state index in [1.165, 1.54) is 30.9 Å². The molecule has 4 rings (SSSR count). The highest BCUT2D eigenvalue weighted by Gasteiger charge is 2.21. The maximum atomic E-state index is 12.4. The summed E-state index contributed by atoms with van der Waals surface area (Å²) in [4.78, 5) is 28.1. The second-order valence-electron chi connectivity index (χ2n) is 7.21. The Morgan fingerprint density at radius 3 is 3.07 bits per heavy atom. The number of thioether (sulfide) groups is 1. The van der Waals surface area contributed by atoms with Crippen LogP contribution in [-0.4, -0.2) is 46.8 Å². The molecule has 2 aromatic heterocycles. The molecule has 158 valence electrons. The van der Waals surface area contributed by atoms with Crippen LogP contribution in [0.1, 0.15) is 19.8 Å². The van der Waals surface area contributed by atoms with E-state index in [1.54, 1.807) is 36.6 Å². The molecule has 1 aliphatic rings. The Kier molecular flexibility index (Phi) is 6.60. The molecule has 0 unspecified atom stereocenters. The van der Waals surface area contributed by atoms with Crippen LogP contribution in [0.4, 0.5) is 10.8 Å². The van der Waals surface area contributed by atoms with Crippen LogP contribution in [0.25, 0.3) is 10.3 Å². The predicted molar refractivity (Wildman–Crippen MR) is 123 cm³/mol. The molecule has 1 N–H and O–H groups in total. The number of benzene rings is 1. The zero-order chi connectivity index (χ0) is 21.1. The first kappa shape index (κ1) is 21.1. The van der Waals surface area contributed by atoms with Crippen LogP contribution in [0.5, 0.6) is 5.75 Å². The maximum absolute atomic E-state index is 12.4. The minimum Gasteiger partial charge on any atom is -0.495 e. The van der Waals surface area contributed by atoms with E-state index in [4.69, 9.17) is 21.3 Å². The number of carbonyl (C=O) groups excluding carboxylic acids is 1. The van der Waals surface area contributed by atoms with Crippen LogP contribution < -0.4 is 15.0 Å². The number of thiazole rings is 1. The van der Waals surface area contributed by atoms with E-state index in [1.807, 2.05) is 0 Å². The fraction of sp³-hybridized carbons (Fsp3) is 0.400. The van der Waals surface area contributed by atoms with Crippen molar-refractivity contribution in [2.45, 2.75) is 24.8 Å². The van der Waals surface area contributed by atoms with Crippen LogP contribution in [0.15, 0.2) is 29.6 Å². The summed E-state index contributed by atoms with van der Waals surface area (Å²) < 4.78 is 6.06. The van der Waals surface area contributed by atoms with E-state index in [0.29, 0.717) is 28.0 Å². The number of aromatic nitrogens is 3. The number of carbonyl (C=O) groups is 1. The summed E-state index contributed by atoms with van der Waals surface area (Å²) in [6, 6.07) is 5.14. The lowest BCUT2D eigenvalue weighted by molar-refractivity contribution is -0.113. The van der Waals surface area contributed by atoms with Gasteiger partial charge in [0.1, 0.15) is 21.8 Å². The molecule has 3 heterocycles. The number of piperidine rings is 1. The minimum absolute atomic E-state index is 0.136. The number of ether oxygens (including phenoxy) is 1. The van der Waals surface area contributed by atoms with E-state index in [-0.39, 0.29) is 11.7 Å². The molecule has 1 aromatic carbocycles. The number of anilines is 2. The largest absolute Gasteiger partial charge is 0.495 e. The number of amides is 1. The first-order valence-electron chi connectivity index (χ1n) is 9.66. The van der Waals surface area contributed by atoms with Crippen molar-refractivity contribution in [3.8, 4) is 5.75 Å². The lowest BCUT2D eigenvalue weighted by Gasteiger charge is -2.30. The number of rotatable bonds is 6. The highest BCUT2D eigenvalue weighted by molar-refractivity contribution is 8.00. The number of hydrogen-bond acceptors (Lipinski definition) is 8. The van der Waals surface area contributed by atoms with E-state index < -0.39 is 0 Å². The van der Waals surface area contributed by atoms with E-state index in [0.717, 1.165) is 27.9 Å². The summed E-state index contributed by atoms with van der Waals surface area (Å²) in [5.41, 5.74) is 1.31. The Bertz CT molecular complexity index is 1060. The standard InChI is InChI=1S/C20H22ClN5O2S2/c1-12-4-3-7-26(9-12)20-25-18-17(30-20)19(23-11-22-18)29-10-16(27)24-13-5-6-15(28-2)14(21)8-13/h5-6,8,11-12H,3-4,7,9-10H2,1-2H3,(H,24,27)/t12-/m1/s1. The first-order valence-corrected chi connectivity index (χ1v) is 11.8. The van der Waals surface area contributed by atoms with Gasteiger partial charge in [-0.15, -0.1) is 0 Å². The van der Waals surface area contributed by atoms with Crippen LogP contribution in [0.2, 0.25) is 5.02 Å². The summed E-state index contributed by atoms with van der Waals surface area (Å²) in [6.07, 6.45) is 3.95. The Morgan fingerprint density at radius 2 is 2.30 bits per heavy atom. The average molecular weight is 464 g/mol. The van der Waals surface area contributed by atoms with Gasteiger partial charge in [-0.05, 0) is 37.0 Å². The van der Waals surface area contributed by atoms with Crippen LogP contribution in [0.3, 0.4) is 0 Å². The Balaban J connectivity index is 1.43. The molecule has 1 aliphatic heterocycles. The monoisotopic (exact) mass is 463 g/mol. The van der Waals surface area contributed by atoms with Crippen molar-refractivity contribution in [2.75, 3.05) is 36.2 Å². The smallest absolute Gasteiger partial charge is 0.234 e. The van der Waals surface area contributed by atoms with Gasteiger partial charge in [-0.3, -0.25) is 4.79 Å². The van der Waals surface area contributed by atoms with Crippen molar-refractivity contribution < 1.29 is 9.53 Å². The quantitative estimate of drug-likeness (QED) is 0.418.